The third-order valence-corrected chi connectivity index (χ3v) is 5.42. The van der Waals surface area contributed by atoms with Gasteiger partial charge in [0, 0.05) is 11.3 Å². The normalized spacial score (nSPS) is 11.8. The molecule has 1 unspecified atom stereocenters. The predicted octanol–water partition coefficient (Wildman–Crippen LogP) is 3.43. The second kappa shape index (κ2) is 8.19. The van der Waals surface area contributed by atoms with E-state index in [0.717, 1.165) is 5.56 Å². The number of hydrogen-bond donors (Lipinski definition) is 2. The average molecular weight is 396 g/mol. The lowest BCUT2D eigenvalue weighted by molar-refractivity contribution is -0.119. The topological polar surface area (TPSA) is 123 Å². The van der Waals surface area contributed by atoms with Crippen LogP contribution in [0.5, 0.6) is 0 Å². The smallest absolute Gasteiger partial charge is 0.249 e. The van der Waals surface area contributed by atoms with Gasteiger partial charge in [0.05, 0.1) is 0 Å². The maximum absolute atomic E-state index is 12.8. The predicted molar refractivity (Wildman–Crippen MR) is 107 cm³/mol. The van der Waals surface area contributed by atoms with Crippen LogP contribution in [0.3, 0.4) is 0 Å². The molecule has 3 N–H and O–H groups in total. The van der Waals surface area contributed by atoms with Crippen molar-refractivity contribution >= 4 is 29.5 Å². The Balaban J connectivity index is 1.78. The zero-order valence-electron chi connectivity index (χ0n) is 15.8. The lowest BCUT2D eigenvalue weighted by Gasteiger charge is -2.15. The van der Waals surface area contributed by atoms with E-state index in [-0.39, 0.29) is 17.7 Å². The van der Waals surface area contributed by atoms with Gasteiger partial charge in [0.2, 0.25) is 17.7 Å². The van der Waals surface area contributed by atoms with Gasteiger partial charge in [0.25, 0.3) is 0 Å². The van der Waals surface area contributed by atoms with Crippen LogP contribution < -0.4 is 11.1 Å². The molecule has 0 fully saturated rings. The Morgan fingerprint density at radius 1 is 1.36 bits per heavy atom. The molecule has 0 bridgehead atoms. The first-order valence-electron chi connectivity index (χ1n) is 8.60. The third-order valence-electron chi connectivity index (χ3n) is 4.40. The zero-order chi connectivity index (χ0) is 20.3. The summed E-state index contributed by atoms with van der Waals surface area (Å²) in [5, 5.41) is 20.5. The van der Waals surface area contributed by atoms with E-state index >= 15 is 0 Å². The summed E-state index contributed by atoms with van der Waals surface area (Å²) in [6, 6.07) is 11.3. The number of nitrogens with zero attached hydrogens (tertiary/aromatic N) is 4. The van der Waals surface area contributed by atoms with Gasteiger partial charge in [-0.2, -0.15) is 5.26 Å². The molecule has 0 aliphatic rings. The molecule has 0 radical (unpaired) electrons. The SMILES string of the molecule is Cc1oc(NC(=O)C(C)n2c(N)nnc2SCc2ccccc2)c(C#N)c1C. The minimum atomic E-state index is -0.689. The summed E-state index contributed by atoms with van der Waals surface area (Å²) in [5.74, 6) is 1.16. The summed E-state index contributed by atoms with van der Waals surface area (Å²) in [5.41, 5.74) is 8.09. The Kier molecular flexibility index (Phi) is 5.70. The molecule has 0 spiro atoms. The highest BCUT2D eigenvalue weighted by Gasteiger charge is 2.25. The van der Waals surface area contributed by atoms with Crippen LogP contribution in [0.15, 0.2) is 39.9 Å². The van der Waals surface area contributed by atoms with Gasteiger partial charge in [-0.05, 0) is 26.3 Å². The number of carbonyl (C=O) groups is 1. The Hall–Kier alpha value is -3.25. The summed E-state index contributed by atoms with van der Waals surface area (Å²) >= 11 is 1.44. The Labute approximate surface area is 166 Å². The molecule has 28 heavy (non-hydrogen) atoms. The Morgan fingerprint density at radius 3 is 2.75 bits per heavy atom. The van der Waals surface area contributed by atoms with Crippen LogP contribution in [0.4, 0.5) is 11.8 Å². The summed E-state index contributed by atoms with van der Waals surface area (Å²) in [6.07, 6.45) is 0. The van der Waals surface area contributed by atoms with Crippen molar-refractivity contribution in [1.29, 1.82) is 5.26 Å². The van der Waals surface area contributed by atoms with Crippen molar-refractivity contribution in [1.82, 2.24) is 14.8 Å². The molecular formula is C19H20N6O2S. The number of aromatic nitrogens is 3. The highest BCUT2D eigenvalue weighted by molar-refractivity contribution is 7.98. The number of amides is 1. The number of rotatable bonds is 6. The second-order valence-electron chi connectivity index (χ2n) is 6.25. The van der Waals surface area contributed by atoms with E-state index in [9.17, 15) is 10.1 Å². The number of benzene rings is 1. The zero-order valence-corrected chi connectivity index (χ0v) is 16.6. The molecule has 2 aromatic heterocycles. The highest BCUT2D eigenvalue weighted by Crippen LogP contribution is 2.29. The summed E-state index contributed by atoms with van der Waals surface area (Å²) in [4.78, 5) is 12.8. The molecule has 3 aromatic rings. The van der Waals surface area contributed by atoms with Gasteiger partial charge >= 0.3 is 0 Å². The second-order valence-corrected chi connectivity index (χ2v) is 7.19. The van der Waals surface area contributed by atoms with Gasteiger partial charge in [0.15, 0.2) is 5.16 Å². The fourth-order valence-corrected chi connectivity index (χ4v) is 3.63. The van der Waals surface area contributed by atoms with Crippen molar-refractivity contribution < 1.29 is 9.21 Å². The van der Waals surface area contributed by atoms with Crippen LogP contribution in [-0.4, -0.2) is 20.7 Å². The Bertz CT molecular complexity index is 1030. The van der Waals surface area contributed by atoms with E-state index in [0.29, 0.717) is 27.8 Å². The minimum Gasteiger partial charge on any atom is -0.444 e. The molecule has 1 amide bonds. The number of nitrogens with two attached hydrogens (primary N) is 1. The van der Waals surface area contributed by atoms with Crippen molar-refractivity contribution in [2.75, 3.05) is 11.1 Å². The van der Waals surface area contributed by atoms with Gasteiger partial charge in [-0.3, -0.25) is 14.7 Å². The third kappa shape index (κ3) is 3.87. The lowest BCUT2D eigenvalue weighted by atomic mass is 10.2. The molecule has 144 valence electrons. The van der Waals surface area contributed by atoms with Crippen molar-refractivity contribution in [3.05, 3.63) is 52.8 Å². The maximum atomic E-state index is 12.8. The highest BCUT2D eigenvalue weighted by atomic mass is 32.2. The van der Waals surface area contributed by atoms with Crippen molar-refractivity contribution in [3.8, 4) is 6.07 Å². The number of nitrogens with one attached hydrogen (secondary N) is 1. The van der Waals surface area contributed by atoms with Gasteiger partial charge < -0.3 is 10.2 Å². The molecule has 0 saturated heterocycles. The van der Waals surface area contributed by atoms with Crippen molar-refractivity contribution in [2.45, 2.75) is 37.7 Å². The minimum absolute atomic E-state index is 0.138. The average Bonchev–Trinajstić information content (AvgIpc) is 3.19. The number of anilines is 2. The van der Waals surface area contributed by atoms with Gasteiger partial charge in [0.1, 0.15) is 23.4 Å². The van der Waals surface area contributed by atoms with Crippen LogP contribution in [0.1, 0.15) is 35.4 Å². The van der Waals surface area contributed by atoms with Crippen LogP contribution in [0, 0.1) is 25.2 Å². The van der Waals surface area contributed by atoms with Crippen LogP contribution in [0.25, 0.3) is 0 Å². The number of carbonyl (C=O) groups excluding carboxylic acids is 1. The van der Waals surface area contributed by atoms with E-state index in [4.69, 9.17) is 10.2 Å². The van der Waals surface area contributed by atoms with E-state index in [1.54, 1.807) is 25.3 Å². The molecule has 0 aliphatic heterocycles. The number of nitriles is 1. The largest absolute Gasteiger partial charge is 0.444 e. The quantitative estimate of drug-likeness (QED) is 0.612. The molecule has 3 rings (SSSR count). The molecule has 1 aromatic carbocycles. The number of thioether (sulfide) groups is 1. The van der Waals surface area contributed by atoms with Crippen LogP contribution in [-0.2, 0) is 10.5 Å². The Morgan fingerprint density at radius 2 is 2.07 bits per heavy atom. The summed E-state index contributed by atoms with van der Waals surface area (Å²) in [7, 11) is 0. The molecule has 8 nitrogen and oxygen atoms in total. The fraction of sp³-hybridized carbons (Fsp3) is 0.263. The molecule has 1 atom stereocenters. The number of hydrogen-bond acceptors (Lipinski definition) is 7. The molecular weight excluding hydrogens is 376 g/mol. The first-order chi connectivity index (χ1) is 13.4. The summed E-state index contributed by atoms with van der Waals surface area (Å²) < 4.78 is 7.08. The van der Waals surface area contributed by atoms with Crippen molar-refractivity contribution in [2.24, 2.45) is 0 Å². The van der Waals surface area contributed by atoms with E-state index in [2.05, 4.69) is 21.6 Å². The first-order valence-corrected chi connectivity index (χ1v) is 9.59. The molecule has 0 aliphatic carbocycles. The van der Waals surface area contributed by atoms with Crippen LogP contribution in [0.2, 0.25) is 0 Å². The van der Waals surface area contributed by atoms with Gasteiger partial charge in [-0.15, -0.1) is 10.2 Å². The van der Waals surface area contributed by atoms with E-state index in [1.165, 1.54) is 11.8 Å². The molecule has 0 saturated carbocycles. The van der Waals surface area contributed by atoms with E-state index in [1.807, 2.05) is 30.3 Å². The number of nitrogen functional groups attached to an aromatic ring is 1. The lowest BCUT2D eigenvalue weighted by Crippen LogP contribution is -2.25. The first kappa shape index (κ1) is 19.5. The number of aryl methyl sites for hydroxylation is 1. The fourth-order valence-electron chi connectivity index (χ4n) is 2.66. The van der Waals surface area contributed by atoms with Crippen molar-refractivity contribution in [3.63, 3.8) is 0 Å². The molecule has 2 heterocycles. The standard InChI is InChI=1S/C19H20N6O2S/c1-11-13(3)27-17(15(11)9-20)22-16(26)12(2)25-18(21)23-24-19(25)28-10-14-7-5-4-6-8-14/h4-8,12H,10H2,1-3H3,(H2,21,23)(H,22,26). The summed E-state index contributed by atoms with van der Waals surface area (Å²) in [6.45, 7) is 5.20. The number of furan rings is 1. The van der Waals surface area contributed by atoms with Gasteiger partial charge in [-0.1, -0.05) is 42.1 Å². The van der Waals surface area contributed by atoms with Gasteiger partial charge in [-0.25, -0.2) is 0 Å². The maximum Gasteiger partial charge on any atom is 0.249 e. The van der Waals surface area contributed by atoms with E-state index < -0.39 is 6.04 Å². The monoisotopic (exact) mass is 396 g/mol. The molecule has 9 heteroatoms. The van der Waals surface area contributed by atoms with Crippen LogP contribution >= 0.6 is 11.8 Å².